The van der Waals surface area contributed by atoms with Crippen LogP contribution >= 0.6 is 0 Å². The number of aliphatic hydroxyl groups excluding tert-OH is 1. The number of halogens is 6. The molecule has 5 nitrogen and oxygen atoms in total. The van der Waals surface area contributed by atoms with Gasteiger partial charge in [0.25, 0.3) is 5.91 Å². The highest BCUT2D eigenvalue weighted by atomic mass is 19.4. The highest BCUT2D eigenvalue weighted by molar-refractivity contribution is 6.01. The minimum atomic E-state index is -5.09. The summed E-state index contributed by atoms with van der Waals surface area (Å²) < 4.78 is 80.9. The molecule has 11 heteroatoms. The molecule has 1 amide bonds. The standard InChI is InChI=1S/C27H21F6NO4/c1-25(24(37)38)21-5-3-2-4-20(21)23(36)34(22(25)17-8-6-15(14-35)7-9-17)13-16-10-18(26(28,29)30)12-19(11-16)27(31,32)33/h2-12,22,35H,13-14H2,1H3,(H,37,38)/t22-,25-/m0/s1. The van der Waals surface area contributed by atoms with Crippen LogP contribution in [0.25, 0.3) is 0 Å². The summed E-state index contributed by atoms with van der Waals surface area (Å²) >= 11 is 0. The molecule has 38 heavy (non-hydrogen) atoms. The molecule has 0 saturated heterocycles. The van der Waals surface area contributed by atoms with Gasteiger partial charge in [0.2, 0.25) is 0 Å². The van der Waals surface area contributed by atoms with Crippen LogP contribution in [0.2, 0.25) is 0 Å². The summed E-state index contributed by atoms with van der Waals surface area (Å²) in [6, 6.07) is 11.5. The first-order chi connectivity index (χ1) is 17.7. The largest absolute Gasteiger partial charge is 0.481 e. The zero-order valence-electron chi connectivity index (χ0n) is 19.8. The molecule has 0 fully saturated rings. The van der Waals surface area contributed by atoms with Crippen molar-refractivity contribution in [2.75, 3.05) is 0 Å². The third-order valence-corrected chi connectivity index (χ3v) is 6.76. The van der Waals surface area contributed by atoms with Crippen molar-refractivity contribution in [3.63, 3.8) is 0 Å². The van der Waals surface area contributed by atoms with Gasteiger partial charge in [0.15, 0.2) is 0 Å². The van der Waals surface area contributed by atoms with Gasteiger partial charge in [-0.3, -0.25) is 9.59 Å². The van der Waals surface area contributed by atoms with Crippen molar-refractivity contribution in [1.82, 2.24) is 4.90 Å². The lowest BCUT2D eigenvalue weighted by molar-refractivity contribution is -0.146. The third-order valence-electron chi connectivity index (χ3n) is 6.76. The summed E-state index contributed by atoms with van der Waals surface area (Å²) in [7, 11) is 0. The first kappa shape index (κ1) is 27.2. The van der Waals surface area contributed by atoms with Gasteiger partial charge in [-0.05, 0) is 53.4 Å². The Labute approximate surface area is 212 Å². The van der Waals surface area contributed by atoms with Crippen molar-refractivity contribution in [1.29, 1.82) is 0 Å². The lowest BCUT2D eigenvalue weighted by atomic mass is 9.68. The summed E-state index contributed by atoms with van der Waals surface area (Å²) in [6.07, 6.45) is -10.2. The van der Waals surface area contributed by atoms with E-state index in [1.54, 1.807) is 0 Å². The van der Waals surface area contributed by atoms with Crippen molar-refractivity contribution in [3.05, 3.63) is 106 Å². The molecule has 2 N–H and O–H groups in total. The number of aliphatic carboxylic acids is 1. The Bertz CT molecular complexity index is 1350. The number of aliphatic hydroxyl groups is 1. The van der Waals surface area contributed by atoms with E-state index in [0.717, 1.165) is 4.90 Å². The van der Waals surface area contributed by atoms with Crippen LogP contribution in [0.1, 0.15) is 56.7 Å². The topological polar surface area (TPSA) is 77.8 Å². The number of fused-ring (bicyclic) bond motifs is 1. The van der Waals surface area contributed by atoms with Crippen molar-refractivity contribution in [3.8, 4) is 0 Å². The molecule has 0 spiro atoms. The molecule has 0 aromatic heterocycles. The molecule has 0 bridgehead atoms. The molecular formula is C27H21F6NO4. The van der Waals surface area contributed by atoms with E-state index in [4.69, 9.17) is 0 Å². The van der Waals surface area contributed by atoms with Gasteiger partial charge in [0.05, 0.1) is 23.8 Å². The van der Waals surface area contributed by atoms with Crippen LogP contribution in [-0.2, 0) is 35.7 Å². The number of alkyl halides is 6. The van der Waals surface area contributed by atoms with E-state index in [-0.39, 0.29) is 29.4 Å². The highest BCUT2D eigenvalue weighted by Gasteiger charge is 2.53. The van der Waals surface area contributed by atoms with Crippen LogP contribution in [0.3, 0.4) is 0 Å². The minimum absolute atomic E-state index is 0.0106. The van der Waals surface area contributed by atoms with E-state index < -0.39 is 58.9 Å². The predicted molar refractivity (Wildman–Crippen MR) is 123 cm³/mol. The van der Waals surface area contributed by atoms with Crippen LogP contribution in [0.4, 0.5) is 26.3 Å². The van der Waals surface area contributed by atoms with Gasteiger partial charge in [-0.25, -0.2) is 0 Å². The number of benzene rings is 3. The maximum Gasteiger partial charge on any atom is 0.416 e. The molecule has 200 valence electrons. The molecule has 1 heterocycles. The molecule has 0 saturated carbocycles. The summed E-state index contributed by atoms with van der Waals surface area (Å²) in [5, 5.41) is 19.8. The lowest BCUT2D eigenvalue weighted by Gasteiger charge is -2.47. The first-order valence-corrected chi connectivity index (χ1v) is 11.3. The fourth-order valence-electron chi connectivity index (χ4n) is 4.87. The molecule has 0 aliphatic carbocycles. The lowest BCUT2D eigenvalue weighted by Crippen LogP contribution is -2.54. The Kier molecular flexibility index (Phi) is 6.77. The molecule has 1 aliphatic rings. The van der Waals surface area contributed by atoms with Crippen molar-refractivity contribution >= 4 is 11.9 Å². The number of carbonyl (C=O) groups excluding carboxylic acids is 1. The Morgan fingerprint density at radius 2 is 1.45 bits per heavy atom. The third kappa shape index (κ3) is 4.73. The summed E-state index contributed by atoms with van der Waals surface area (Å²) in [5.74, 6) is -2.10. The van der Waals surface area contributed by atoms with E-state index in [0.29, 0.717) is 17.7 Å². The van der Waals surface area contributed by atoms with E-state index in [9.17, 15) is 46.1 Å². The number of rotatable bonds is 5. The average Bonchev–Trinajstić information content (AvgIpc) is 2.86. The number of carboxylic acids is 1. The summed E-state index contributed by atoms with van der Waals surface area (Å²) in [5.41, 5.74) is -4.49. The predicted octanol–water partition coefficient (Wildman–Crippen LogP) is 5.96. The van der Waals surface area contributed by atoms with Gasteiger partial charge in [0, 0.05) is 12.1 Å². The Hall–Kier alpha value is -3.86. The molecular weight excluding hydrogens is 516 g/mol. The SMILES string of the molecule is C[C@]1(C(=O)O)c2ccccc2C(=O)N(Cc2cc(C(F)(F)F)cc(C(F)(F)F)c2)[C@H]1c1ccc(CO)cc1. The van der Waals surface area contributed by atoms with Crippen LogP contribution in [0.15, 0.2) is 66.7 Å². The Morgan fingerprint density at radius 1 is 0.895 bits per heavy atom. The van der Waals surface area contributed by atoms with E-state index >= 15 is 0 Å². The van der Waals surface area contributed by atoms with E-state index in [1.807, 2.05) is 0 Å². The summed E-state index contributed by atoms with van der Waals surface area (Å²) in [4.78, 5) is 27.4. The molecule has 0 radical (unpaired) electrons. The second-order valence-corrected chi connectivity index (χ2v) is 9.20. The van der Waals surface area contributed by atoms with Crippen molar-refractivity contribution in [2.24, 2.45) is 0 Å². The number of hydrogen-bond donors (Lipinski definition) is 2. The molecule has 3 aromatic carbocycles. The van der Waals surface area contributed by atoms with Gasteiger partial charge in [0.1, 0.15) is 5.41 Å². The minimum Gasteiger partial charge on any atom is -0.481 e. The maximum atomic E-state index is 13.7. The number of nitrogens with zero attached hydrogens (tertiary/aromatic N) is 1. The average molecular weight is 537 g/mol. The second-order valence-electron chi connectivity index (χ2n) is 9.20. The Morgan fingerprint density at radius 3 is 1.95 bits per heavy atom. The zero-order valence-corrected chi connectivity index (χ0v) is 19.8. The smallest absolute Gasteiger partial charge is 0.416 e. The number of carbonyl (C=O) groups is 2. The van der Waals surface area contributed by atoms with E-state index in [1.165, 1.54) is 55.5 Å². The number of carboxylic acid groups (broad SMARTS) is 1. The number of hydrogen-bond acceptors (Lipinski definition) is 3. The van der Waals surface area contributed by atoms with Gasteiger partial charge >= 0.3 is 18.3 Å². The maximum absolute atomic E-state index is 13.7. The molecule has 2 atom stereocenters. The van der Waals surface area contributed by atoms with Crippen LogP contribution in [0, 0.1) is 0 Å². The van der Waals surface area contributed by atoms with Crippen LogP contribution in [0.5, 0.6) is 0 Å². The molecule has 1 aliphatic heterocycles. The van der Waals surface area contributed by atoms with Crippen molar-refractivity contribution in [2.45, 2.75) is 43.9 Å². The normalized spacial score (nSPS) is 19.8. The van der Waals surface area contributed by atoms with Crippen LogP contribution in [-0.4, -0.2) is 27.0 Å². The molecule has 4 rings (SSSR count). The van der Waals surface area contributed by atoms with E-state index in [2.05, 4.69) is 0 Å². The quantitative estimate of drug-likeness (QED) is 0.394. The highest BCUT2D eigenvalue weighted by Crippen LogP contribution is 2.48. The second kappa shape index (κ2) is 9.46. The summed E-state index contributed by atoms with van der Waals surface area (Å²) in [6.45, 7) is 0.304. The fraction of sp³-hybridized carbons (Fsp3) is 0.259. The van der Waals surface area contributed by atoms with Gasteiger partial charge in [-0.2, -0.15) is 26.3 Å². The monoisotopic (exact) mass is 537 g/mol. The molecule has 0 unspecified atom stereocenters. The van der Waals surface area contributed by atoms with Gasteiger partial charge < -0.3 is 15.1 Å². The van der Waals surface area contributed by atoms with Crippen molar-refractivity contribution < 1.29 is 46.1 Å². The first-order valence-electron chi connectivity index (χ1n) is 11.3. The van der Waals surface area contributed by atoms with Gasteiger partial charge in [-0.15, -0.1) is 0 Å². The molecule has 3 aromatic rings. The zero-order chi connectivity index (χ0) is 28.0. The Balaban J connectivity index is 1.95. The van der Waals surface area contributed by atoms with Crippen LogP contribution < -0.4 is 0 Å². The fourth-order valence-corrected chi connectivity index (χ4v) is 4.87. The number of amides is 1. The van der Waals surface area contributed by atoms with Gasteiger partial charge in [-0.1, -0.05) is 42.5 Å².